The van der Waals surface area contributed by atoms with Crippen LogP contribution in [0.15, 0.2) is 54.6 Å². The van der Waals surface area contributed by atoms with Gasteiger partial charge in [-0.2, -0.15) is 0 Å². The van der Waals surface area contributed by atoms with Crippen LogP contribution >= 0.6 is 11.6 Å². The number of halogens is 1. The second-order valence-corrected chi connectivity index (χ2v) is 7.18. The molecule has 0 aliphatic carbocycles. The summed E-state index contributed by atoms with van der Waals surface area (Å²) in [4.78, 5) is 0. The van der Waals surface area contributed by atoms with Crippen molar-refractivity contribution >= 4 is 21.4 Å². The largest absolute Gasteiger partial charge is 0.323 e. The third-order valence-electron chi connectivity index (χ3n) is 2.99. The van der Waals surface area contributed by atoms with Crippen molar-refractivity contribution in [2.24, 2.45) is 5.73 Å². The predicted octanol–water partition coefficient (Wildman–Crippen LogP) is 2.95. The molecule has 0 saturated carbocycles. The highest BCUT2D eigenvalue weighted by Gasteiger charge is 2.19. The van der Waals surface area contributed by atoms with Gasteiger partial charge in [0.15, 0.2) is 9.84 Å². The lowest BCUT2D eigenvalue weighted by Gasteiger charge is -2.13. The first-order chi connectivity index (χ1) is 9.48. The lowest BCUT2D eigenvalue weighted by Crippen LogP contribution is -2.22. The third kappa shape index (κ3) is 4.07. The molecule has 1 atom stereocenters. The molecule has 2 N–H and O–H groups in total. The van der Waals surface area contributed by atoms with Crippen LogP contribution in [0.25, 0.3) is 0 Å². The Hall–Kier alpha value is -1.36. The van der Waals surface area contributed by atoms with E-state index in [1.165, 1.54) is 0 Å². The van der Waals surface area contributed by atoms with Crippen LogP contribution in [-0.2, 0) is 15.6 Å². The van der Waals surface area contributed by atoms with E-state index in [-0.39, 0.29) is 11.5 Å². The topological polar surface area (TPSA) is 60.2 Å². The number of nitrogens with two attached hydrogens (primary N) is 1. The Bertz CT molecular complexity index is 671. The molecule has 5 heteroatoms. The zero-order valence-electron chi connectivity index (χ0n) is 10.9. The molecule has 2 rings (SSSR count). The Kier molecular flexibility index (Phi) is 4.81. The van der Waals surface area contributed by atoms with Crippen molar-refractivity contribution < 1.29 is 8.42 Å². The van der Waals surface area contributed by atoms with E-state index in [1.54, 1.807) is 24.3 Å². The summed E-state index contributed by atoms with van der Waals surface area (Å²) in [6.45, 7) is 0. The molecule has 2 aromatic carbocycles. The van der Waals surface area contributed by atoms with Gasteiger partial charge in [0.1, 0.15) is 0 Å². The minimum Gasteiger partial charge on any atom is -0.323 e. The number of sulfone groups is 1. The van der Waals surface area contributed by atoms with Gasteiger partial charge in [-0.3, -0.25) is 0 Å². The fourth-order valence-corrected chi connectivity index (χ4v) is 3.85. The van der Waals surface area contributed by atoms with Gasteiger partial charge in [-0.25, -0.2) is 8.42 Å². The van der Waals surface area contributed by atoms with Crippen molar-refractivity contribution in [2.75, 3.05) is 5.75 Å². The van der Waals surface area contributed by atoms with Crippen LogP contribution in [0.5, 0.6) is 0 Å². The highest BCUT2D eigenvalue weighted by Crippen LogP contribution is 2.20. The summed E-state index contributed by atoms with van der Waals surface area (Å²) in [6, 6.07) is 15.6. The fourth-order valence-electron chi connectivity index (χ4n) is 1.98. The van der Waals surface area contributed by atoms with Gasteiger partial charge in [-0.15, -0.1) is 0 Å². The first kappa shape index (κ1) is 15.0. The lowest BCUT2D eigenvalue weighted by atomic mass is 10.1. The van der Waals surface area contributed by atoms with Gasteiger partial charge >= 0.3 is 0 Å². The van der Waals surface area contributed by atoms with Crippen molar-refractivity contribution in [3.8, 4) is 0 Å². The van der Waals surface area contributed by atoms with E-state index in [9.17, 15) is 8.42 Å². The van der Waals surface area contributed by atoms with Gasteiger partial charge < -0.3 is 5.73 Å². The van der Waals surface area contributed by atoms with Crippen molar-refractivity contribution in [2.45, 2.75) is 11.8 Å². The van der Waals surface area contributed by atoms with Gasteiger partial charge in [0.2, 0.25) is 0 Å². The maximum absolute atomic E-state index is 12.2. The maximum Gasteiger partial charge on any atom is 0.156 e. The highest BCUT2D eigenvalue weighted by atomic mass is 35.5. The van der Waals surface area contributed by atoms with Crippen LogP contribution < -0.4 is 5.73 Å². The molecule has 0 aliphatic rings. The number of rotatable bonds is 5. The SMILES string of the molecule is NC(CS(=O)(=O)Cc1ccccc1Cl)c1ccccc1. The standard InChI is InChI=1S/C15H16ClNO2S/c16-14-9-5-4-8-13(14)10-20(18,19)11-15(17)12-6-2-1-3-7-12/h1-9,15H,10-11,17H2. The Morgan fingerprint density at radius 3 is 2.25 bits per heavy atom. The van der Waals surface area contributed by atoms with E-state index in [0.717, 1.165) is 5.56 Å². The van der Waals surface area contributed by atoms with Crippen molar-refractivity contribution in [1.29, 1.82) is 0 Å². The zero-order valence-corrected chi connectivity index (χ0v) is 12.4. The smallest absolute Gasteiger partial charge is 0.156 e. The van der Waals surface area contributed by atoms with Gasteiger partial charge in [0.05, 0.1) is 11.5 Å². The van der Waals surface area contributed by atoms with Crippen LogP contribution in [0.2, 0.25) is 5.02 Å². The fraction of sp³-hybridized carbons (Fsp3) is 0.200. The number of benzene rings is 2. The Balaban J connectivity index is 2.10. The van der Waals surface area contributed by atoms with Gasteiger partial charge in [-0.1, -0.05) is 60.1 Å². The molecule has 0 radical (unpaired) electrons. The molecule has 2 aromatic rings. The van der Waals surface area contributed by atoms with Gasteiger partial charge in [0.25, 0.3) is 0 Å². The molecule has 20 heavy (non-hydrogen) atoms. The second-order valence-electron chi connectivity index (χ2n) is 4.66. The molecule has 1 unspecified atom stereocenters. The Labute approximate surface area is 124 Å². The molecule has 0 aliphatic heterocycles. The van der Waals surface area contributed by atoms with Crippen LogP contribution in [0, 0.1) is 0 Å². The molecule has 0 saturated heterocycles. The molecule has 3 nitrogen and oxygen atoms in total. The Morgan fingerprint density at radius 1 is 1.00 bits per heavy atom. The summed E-state index contributed by atoms with van der Waals surface area (Å²) in [7, 11) is -3.31. The summed E-state index contributed by atoms with van der Waals surface area (Å²) >= 11 is 5.99. The molecular weight excluding hydrogens is 294 g/mol. The van der Waals surface area contributed by atoms with E-state index < -0.39 is 15.9 Å². The summed E-state index contributed by atoms with van der Waals surface area (Å²) < 4.78 is 24.4. The number of hydrogen-bond acceptors (Lipinski definition) is 3. The quantitative estimate of drug-likeness (QED) is 0.923. The number of hydrogen-bond donors (Lipinski definition) is 1. The predicted molar refractivity (Wildman–Crippen MR) is 82.3 cm³/mol. The van der Waals surface area contributed by atoms with Crippen LogP contribution in [0.3, 0.4) is 0 Å². The van der Waals surface area contributed by atoms with Crippen molar-refractivity contribution in [1.82, 2.24) is 0 Å². The van der Waals surface area contributed by atoms with Crippen molar-refractivity contribution in [3.05, 3.63) is 70.7 Å². The molecule has 0 spiro atoms. The molecule has 0 aromatic heterocycles. The maximum atomic E-state index is 12.2. The molecule has 0 amide bonds. The average molecular weight is 310 g/mol. The molecule has 0 fully saturated rings. The van der Waals surface area contributed by atoms with E-state index >= 15 is 0 Å². The van der Waals surface area contributed by atoms with Gasteiger partial charge in [0, 0.05) is 11.1 Å². The first-order valence-corrected chi connectivity index (χ1v) is 8.42. The van der Waals surface area contributed by atoms with E-state index in [4.69, 9.17) is 17.3 Å². The van der Waals surface area contributed by atoms with E-state index in [1.807, 2.05) is 30.3 Å². The summed E-state index contributed by atoms with van der Waals surface area (Å²) in [5, 5.41) is 0.462. The molecule has 0 bridgehead atoms. The zero-order chi connectivity index (χ0) is 14.6. The van der Waals surface area contributed by atoms with Gasteiger partial charge in [-0.05, 0) is 17.2 Å². The monoisotopic (exact) mass is 309 g/mol. The Morgan fingerprint density at radius 2 is 1.60 bits per heavy atom. The first-order valence-electron chi connectivity index (χ1n) is 6.22. The summed E-state index contributed by atoms with van der Waals surface area (Å²) in [5.41, 5.74) is 7.38. The summed E-state index contributed by atoms with van der Waals surface area (Å²) in [5.74, 6) is -0.185. The van der Waals surface area contributed by atoms with E-state index in [0.29, 0.717) is 10.6 Å². The normalized spacial score (nSPS) is 13.1. The third-order valence-corrected chi connectivity index (χ3v) is 4.98. The minimum absolute atomic E-state index is 0.0901. The minimum atomic E-state index is -3.31. The van der Waals surface area contributed by atoms with Crippen LogP contribution in [0.4, 0.5) is 0 Å². The highest BCUT2D eigenvalue weighted by molar-refractivity contribution is 7.90. The second kappa shape index (κ2) is 6.39. The molecule has 0 heterocycles. The lowest BCUT2D eigenvalue weighted by molar-refractivity contribution is 0.588. The molecular formula is C15H16ClNO2S. The van der Waals surface area contributed by atoms with E-state index in [2.05, 4.69) is 0 Å². The van der Waals surface area contributed by atoms with Crippen LogP contribution in [0.1, 0.15) is 17.2 Å². The van der Waals surface area contributed by atoms with Crippen LogP contribution in [-0.4, -0.2) is 14.2 Å². The average Bonchev–Trinajstić information content (AvgIpc) is 2.41. The summed E-state index contributed by atoms with van der Waals surface area (Å²) in [6.07, 6.45) is 0. The van der Waals surface area contributed by atoms with Crippen molar-refractivity contribution in [3.63, 3.8) is 0 Å². The molecule has 106 valence electrons.